The number of anilines is 1. The van der Waals surface area contributed by atoms with Crippen LogP contribution in [-0.2, 0) is 11.2 Å². The molecule has 1 amide bonds. The fourth-order valence-corrected chi connectivity index (χ4v) is 1.72. The minimum Gasteiger partial charge on any atom is -1.00 e. The van der Waals surface area contributed by atoms with Crippen LogP contribution in [0.5, 0.6) is 0 Å². The van der Waals surface area contributed by atoms with Gasteiger partial charge in [-0.15, -0.1) is 0 Å². The average Bonchev–Trinajstić information content (AvgIpc) is 2.66. The van der Waals surface area contributed by atoms with Crippen molar-refractivity contribution in [1.82, 2.24) is 15.3 Å². The molecule has 0 atom stereocenters. The van der Waals surface area contributed by atoms with Crippen LogP contribution in [0.2, 0.25) is 0 Å². The van der Waals surface area contributed by atoms with E-state index in [1.54, 1.807) is 0 Å². The summed E-state index contributed by atoms with van der Waals surface area (Å²) in [5, 5.41) is 2.76. The molecule has 0 aliphatic heterocycles. The maximum atomic E-state index is 10.7. The molecule has 0 unspecified atom stereocenters. The van der Waals surface area contributed by atoms with Gasteiger partial charge < -0.3 is 40.8 Å². The molecule has 19 heavy (non-hydrogen) atoms. The second-order valence-electron chi connectivity index (χ2n) is 4.05. The lowest BCUT2D eigenvalue weighted by Crippen LogP contribution is -3.00. The van der Waals surface area contributed by atoms with Gasteiger partial charge in [-0.3, -0.25) is 4.79 Å². The van der Waals surface area contributed by atoms with Crippen LogP contribution in [-0.4, -0.2) is 22.4 Å². The molecule has 5 nitrogen and oxygen atoms in total. The van der Waals surface area contributed by atoms with Crippen molar-refractivity contribution in [3.8, 4) is 0 Å². The fraction of sp³-hybridized carbons (Fsp3) is 0.333. The number of imidazole rings is 1. The van der Waals surface area contributed by atoms with E-state index in [0.29, 0.717) is 6.54 Å². The van der Waals surface area contributed by atoms with Crippen LogP contribution in [0.15, 0.2) is 18.2 Å². The van der Waals surface area contributed by atoms with E-state index in [0.717, 1.165) is 35.4 Å². The van der Waals surface area contributed by atoms with E-state index in [-0.39, 0.29) is 30.7 Å². The van der Waals surface area contributed by atoms with E-state index >= 15 is 0 Å². The van der Waals surface area contributed by atoms with Crippen LogP contribution >= 0.6 is 0 Å². The van der Waals surface area contributed by atoms with Gasteiger partial charge in [0, 0.05) is 25.6 Å². The number of carbonyl (C=O) groups excluding carboxylic acids is 1. The van der Waals surface area contributed by atoms with Crippen LogP contribution in [0, 0.1) is 0 Å². The first kappa shape index (κ1) is 17.5. The number of hydrogen-bond acceptors (Lipinski definition) is 3. The number of rotatable bonds is 4. The molecule has 0 saturated heterocycles. The zero-order valence-electron chi connectivity index (χ0n) is 10.5. The van der Waals surface area contributed by atoms with Crippen LogP contribution < -0.4 is 35.9 Å². The second-order valence-corrected chi connectivity index (χ2v) is 4.05. The molecule has 106 valence electrons. The highest BCUT2D eigenvalue weighted by Gasteiger charge is 2.02. The summed E-state index contributed by atoms with van der Waals surface area (Å²) in [7, 11) is 0. The highest BCUT2D eigenvalue weighted by Crippen LogP contribution is 2.15. The Hall–Kier alpha value is -1.46. The number of benzene rings is 1. The summed E-state index contributed by atoms with van der Waals surface area (Å²) in [5.74, 6) is 0.929. The van der Waals surface area contributed by atoms with Crippen LogP contribution in [0.4, 0.5) is 5.69 Å². The molecule has 0 saturated carbocycles. The molecule has 4 N–H and O–H groups in total. The number of aromatic nitrogens is 2. The molecule has 2 aromatic rings. The van der Waals surface area contributed by atoms with E-state index < -0.39 is 0 Å². The Morgan fingerprint density at radius 2 is 2.16 bits per heavy atom. The Bertz CT molecular complexity index is 542. The molecule has 0 aliphatic carbocycles. The van der Waals surface area contributed by atoms with Gasteiger partial charge in [-0.05, 0) is 24.6 Å². The van der Waals surface area contributed by atoms with E-state index in [1.807, 2.05) is 18.2 Å². The van der Waals surface area contributed by atoms with Gasteiger partial charge >= 0.3 is 0 Å². The third kappa shape index (κ3) is 4.96. The van der Waals surface area contributed by atoms with Crippen molar-refractivity contribution in [2.75, 3.05) is 12.3 Å². The minimum absolute atomic E-state index is 0. The van der Waals surface area contributed by atoms with Gasteiger partial charge in [-0.1, -0.05) is 0 Å². The number of halogens is 2. The van der Waals surface area contributed by atoms with Crippen LogP contribution in [0.25, 0.3) is 11.0 Å². The van der Waals surface area contributed by atoms with Gasteiger partial charge in [0.25, 0.3) is 0 Å². The van der Waals surface area contributed by atoms with E-state index in [4.69, 9.17) is 5.73 Å². The Morgan fingerprint density at radius 1 is 1.42 bits per heavy atom. The molecule has 0 fully saturated rings. The van der Waals surface area contributed by atoms with Crippen LogP contribution in [0.3, 0.4) is 0 Å². The lowest BCUT2D eigenvalue weighted by atomic mass is 10.3. The Kier molecular flexibility index (Phi) is 7.26. The molecular formula is C12H16Cl2N4O-2. The highest BCUT2D eigenvalue weighted by molar-refractivity contribution is 5.78. The second kappa shape index (κ2) is 7.86. The number of fused-ring (bicyclic) bond motifs is 1. The number of aromatic amines is 1. The Morgan fingerprint density at radius 3 is 2.84 bits per heavy atom. The SMILES string of the molecule is CC(=O)NCCCc1nc2ccc(N)cc2[nH]1.[Cl-].[Cl-]. The monoisotopic (exact) mass is 302 g/mol. The lowest BCUT2D eigenvalue weighted by molar-refractivity contribution is -0.118. The number of amides is 1. The summed E-state index contributed by atoms with van der Waals surface area (Å²) >= 11 is 0. The maximum absolute atomic E-state index is 10.7. The predicted octanol–water partition coefficient (Wildman–Crippen LogP) is -4.78. The molecule has 1 heterocycles. The smallest absolute Gasteiger partial charge is 0.216 e. The predicted molar refractivity (Wildman–Crippen MR) is 67.5 cm³/mol. The number of hydrogen-bond donors (Lipinski definition) is 3. The molecular weight excluding hydrogens is 287 g/mol. The van der Waals surface area contributed by atoms with Crippen molar-refractivity contribution in [1.29, 1.82) is 0 Å². The van der Waals surface area contributed by atoms with Crippen molar-refractivity contribution >= 4 is 22.6 Å². The van der Waals surface area contributed by atoms with Gasteiger partial charge in [0.2, 0.25) is 5.91 Å². The van der Waals surface area contributed by atoms with Crippen molar-refractivity contribution < 1.29 is 29.6 Å². The number of carbonyl (C=O) groups is 1. The lowest BCUT2D eigenvalue weighted by Gasteiger charge is -1.99. The normalized spacial score (nSPS) is 9.53. The largest absolute Gasteiger partial charge is 1.00 e. The summed E-state index contributed by atoms with van der Waals surface area (Å²) in [6.07, 6.45) is 1.68. The van der Waals surface area contributed by atoms with E-state index in [1.165, 1.54) is 6.92 Å². The molecule has 0 aliphatic rings. The quantitative estimate of drug-likeness (QED) is 0.392. The van der Waals surface area contributed by atoms with Crippen molar-refractivity contribution in [3.63, 3.8) is 0 Å². The van der Waals surface area contributed by atoms with Gasteiger partial charge in [0.1, 0.15) is 5.82 Å². The minimum atomic E-state index is 0. The van der Waals surface area contributed by atoms with Crippen molar-refractivity contribution in [3.05, 3.63) is 24.0 Å². The molecule has 0 spiro atoms. The number of H-pyrrole nitrogens is 1. The first-order valence-electron chi connectivity index (χ1n) is 5.64. The first-order chi connectivity index (χ1) is 8.15. The summed E-state index contributed by atoms with van der Waals surface area (Å²) < 4.78 is 0. The summed E-state index contributed by atoms with van der Waals surface area (Å²) in [4.78, 5) is 18.4. The standard InChI is InChI=1S/C12H16N4O.2ClH/c1-8(17)14-6-2-3-12-15-10-5-4-9(13)7-11(10)16-12;;/h4-5,7H,2-3,6,13H2,1H3,(H,14,17)(H,15,16);2*1H/p-2. The van der Waals surface area contributed by atoms with Gasteiger partial charge in [0.15, 0.2) is 0 Å². The Balaban J connectivity index is 0.00000162. The molecule has 1 aromatic heterocycles. The Labute approximate surface area is 124 Å². The van der Waals surface area contributed by atoms with Crippen molar-refractivity contribution in [2.24, 2.45) is 0 Å². The zero-order valence-corrected chi connectivity index (χ0v) is 12.1. The molecule has 0 radical (unpaired) electrons. The van der Waals surface area contributed by atoms with Gasteiger partial charge in [0.05, 0.1) is 11.0 Å². The third-order valence-electron chi connectivity index (χ3n) is 2.52. The number of nitrogens with zero attached hydrogens (tertiary/aromatic N) is 1. The summed E-state index contributed by atoms with van der Waals surface area (Å²) in [6.45, 7) is 2.19. The zero-order chi connectivity index (χ0) is 12.3. The first-order valence-corrected chi connectivity index (χ1v) is 5.64. The van der Waals surface area contributed by atoms with E-state index in [9.17, 15) is 4.79 Å². The number of nitrogens with two attached hydrogens (primary N) is 1. The average molecular weight is 303 g/mol. The molecule has 1 aromatic carbocycles. The number of aryl methyl sites for hydroxylation is 1. The summed E-state index contributed by atoms with van der Waals surface area (Å²) in [6, 6.07) is 5.61. The number of nitrogens with one attached hydrogen (secondary N) is 2. The molecule has 2 rings (SSSR count). The highest BCUT2D eigenvalue weighted by atomic mass is 35.5. The topological polar surface area (TPSA) is 83.8 Å². The van der Waals surface area contributed by atoms with E-state index in [2.05, 4.69) is 15.3 Å². The van der Waals surface area contributed by atoms with Gasteiger partial charge in [-0.25, -0.2) is 4.98 Å². The third-order valence-corrected chi connectivity index (χ3v) is 2.52. The summed E-state index contributed by atoms with van der Waals surface area (Å²) in [5.41, 5.74) is 8.30. The van der Waals surface area contributed by atoms with Crippen LogP contribution in [0.1, 0.15) is 19.2 Å². The van der Waals surface area contributed by atoms with Gasteiger partial charge in [-0.2, -0.15) is 0 Å². The number of nitrogen functional groups attached to an aromatic ring is 1. The maximum Gasteiger partial charge on any atom is 0.216 e. The van der Waals surface area contributed by atoms with Crippen molar-refractivity contribution in [2.45, 2.75) is 19.8 Å². The fourth-order valence-electron chi connectivity index (χ4n) is 1.72. The molecule has 0 bridgehead atoms. The molecule has 7 heteroatoms.